The maximum absolute atomic E-state index is 13.2. The number of carbonyl (C=O) groups is 3. The van der Waals surface area contributed by atoms with Gasteiger partial charge >= 0.3 is 5.97 Å². The van der Waals surface area contributed by atoms with E-state index < -0.39 is 11.2 Å². The summed E-state index contributed by atoms with van der Waals surface area (Å²) in [5.41, 5.74) is 1.81. The van der Waals surface area contributed by atoms with E-state index in [0.29, 0.717) is 34.5 Å². The predicted molar refractivity (Wildman–Crippen MR) is 130 cm³/mol. The number of carbonyl (C=O) groups excluding carboxylic acids is 3. The number of methoxy groups -OCH3 is 2. The fourth-order valence-corrected chi connectivity index (χ4v) is 4.46. The number of thioether (sulfide) groups is 1. The molecular formula is C24H27N3O6S. The quantitative estimate of drug-likeness (QED) is 0.544. The van der Waals surface area contributed by atoms with E-state index in [9.17, 15) is 14.4 Å². The van der Waals surface area contributed by atoms with Crippen molar-refractivity contribution in [1.82, 2.24) is 10.2 Å². The van der Waals surface area contributed by atoms with Crippen molar-refractivity contribution >= 4 is 40.4 Å². The second-order valence-corrected chi connectivity index (χ2v) is 8.43. The summed E-state index contributed by atoms with van der Waals surface area (Å²) in [6.45, 7) is 2.28. The predicted octanol–water partition coefficient (Wildman–Crippen LogP) is 3.15. The van der Waals surface area contributed by atoms with Gasteiger partial charge in [-0.3, -0.25) is 14.5 Å². The van der Waals surface area contributed by atoms with Gasteiger partial charge in [0, 0.05) is 13.5 Å². The standard InChI is InChI=1S/C24H27N3O6S/c1-5-33-23(30)16-7-9-17(10-8-16)26-24-27(22(29)20(34-24)13-21(28)25-2)14-15-6-11-18(31-3)19(12-15)32-4/h6-12,20H,5,13-14H2,1-4H3,(H,25,28)/t20-/m1/s1. The third-order valence-corrected chi connectivity index (χ3v) is 6.24. The van der Waals surface area contributed by atoms with Gasteiger partial charge in [-0.2, -0.15) is 0 Å². The fourth-order valence-electron chi connectivity index (χ4n) is 3.30. The summed E-state index contributed by atoms with van der Waals surface area (Å²) in [4.78, 5) is 43.2. The average molecular weight is 486 g/mol. The molecule has 1 N–H and O–H groups in total. The number of ether oxygens (including phenoxy) is 3. The molecule has 1 saturated heterocycles. The highest BCUT2D eigenvalue weighted by Crippen LogP contribution is 2.34. The molecule has 3 rings (SSSR count). The molecule has 9 nitrogen and oxygen atoms in total. The lowest BCUT2D eigenvalue weighted by molar-refractivity contribution is -0.129. The summed E-state index contributed by atoms with van der Waals surface area (Å²) in [5.74, 6) is 0.297. The van der Waals surface area contributed by atoms with Crippen LogP contribution in [0, 0.1) is 0 Å². The number of rotatable bonds is 9. The maximum atomic E-state index is 13.2. The normalized spacial score (nSPS) is 16.5. The first-order valence-electron chi connectivity index (χ1n) is 10.7. The van der Waals surface area contributed by atoms with Crippen molar-refractivity contribution in [2.45, 2.75) is 25.1 Å². The smallest absolute Gasteiger partial charge is 0.338 e. The molecule has 1 atom stereocenters. The number of aliphatic imine (C=N–C) groups is 1. The highest BCUT2D eigenvalue weighted by molar-refractivity contribution is 8.15. The van der Waals surface area contributed by atoms with Crippen LogP contribution in [0.5, 0.6) is 11.5 Å². The molecule has 1 aliphatic heterocycles. The van der Waals surface area contributed by atoms with Gasteiger partial charge in [0.2, 0.25) is 11.8 Å². The van der Waals surface area contributed by atoms with Crippen molar-refractivity contribution in [1.29, 1.82) is 0 Å². The van der Waals surface area contributed by atoms with Gasteiger partial charge in [0.15, 0.2) is 16.7 Å². The average Bonchev–Trinajstić information content (AvgIpc) is 3.13. The minimum atomic E-state index is -0.586. The van der Waals surface area contributed by atoms with Gasteiger partial charge in [-0.05, 0) is 48.9 Å². The van der Waals surface area contributed by atoms with Crippen LogP contribution in [0.2, 0.25) is 0 Å². The molecule has 2 aromatic carbocycles. The maximum Gasteiger partial charge on any atom is 0.338 e. The highest BCUT2D eigenvalue weighted by atomic mass is 32.2. The number of nitrogens with zero attached hydrogens (tertiary/aromatic N) is 2. The van der Waals surface area contributed by atoms with Crippen LogP contribution in [0.1, 0.15) is 29.3 Å². The molecule has 1 fully saturated rings. The Morgan fingerprint density at radius 2 is 1.79 bits per heavy atom. The van der Waals surface area contributed by atoms with Crippen molar-refractivity contribution in [3.8, 4) is 11.5 Å². The number of hydrogen-bond acceptors (Lipinski definition) is 8. The number of benzene rings is 2. The summed E-state index contributed by atoms with van der Waals surface area (Å²) >= 11 is 1.24. The Morgan fingerprint density at radius 3 is 2.41 bits per heavy atom. The minimum Gasteiger partial charge on any atom is -0.493 e. The van der Waals surface area contributed by atoms with Crippen LogP contribution in [0.3, 0.4) is 0 Å². The van der Waals surface area contributed by atoms with Crippen molar-refractivity contribution in [2.24, 2.45) is 4.99 Å². The molecule has 0 radical (unpaired) electrons. The molecule has 1 heterocycles. The molecule has 180 valence electrons. The zero-order valence-corrected chi connectivity index (χ0v) is 20.3. The van der Waals surface area contributed by atoms with E-state index in [-0.39, 0.29) is 24.8 Å². The van der Waals surface area contributed by atoms with Crippen LogP contribution in [0.25, 0.3) is 0 Å². The molecule has 2 aromatic rings. The minimum absolute atomic E-state index is 0.0449. The molecule has 0 aliphatic carbocycles. The van der Waals surface area contributed by atoms with Crippen molar-refractivity contribution in [3.63, 3.8) is 0 Å². The van der Waals surface area contributed by atoms with E-state index in [4.69, 9.17) is 14.2 Å². The lowest BCUT2D eigenvalue weighted by Crippen LogP contribution is -2.33. The topological polar surface area (TPSA) is 107 Å². The van der Waals surface area contributed by atoms with E-state index in [1.165, 1.54) is 18.8 Å². The molecule has 0 unspecified atom stereocenters. The fraction of sp³-hybridized carbons (Fsp3) is 0.333. The zero-order valence-electron chi connectivity index (χ0n) is 19.5. The van der Waals surface area contributed by atoms with Crippen molar-refractivity contribution < 1.29 is 28.6 Å². The van der Waals surface area contributed by atoms with E-state index in [0.717, 1.165) is 5.56 Å². The van der Waals surface area contributed by atoms with E-state index in [1.54, 1.807) is 62.4 Å². The summed E-state index contributed by atoms with van der Waals surface area (Å²) in [6, 6.07) is 12.0. The SMILES string of the molecule is CCOC(=O)c1ccc(N=C2S[C@H](CC(=O)NC)C(=O)N2Cc2ccc(OC)c(OC)c2)cc1. The van der Waals surface area contributed by atoms with Gasteiger partial charge in [-0.15, -0.1) is 0 Å². The van der Waals surface area contributed by atoms with Crippen LogP contribution < -0.4 is 14.8 Å². The summed E-state index contributed by atoms with van der Waals surface area (Å²) in [7, 11) is 4.64. The monoisotopic (exact) mass is 485 g/mol. The number of esters is 1. The van der Waals surface area contributed by atoms with E-state index in [1.807, 2.05) is 6.07 Å². The van der Waals surface area contributed by atoms with E-state index >= 15 is 0 Å². The second kappa shape index (κ2) is 11.6. The van der Waals surface area contributed by atoms with Crippen LogP contribution in [0.15, 0.2) is 47.5 Å². The molecule has 0 saturated carbocycles. The molecule has 1 aliphatic rings. The molecule has 10 heteroatoms. The van der Waals surface area contributed by atoms with Crippen LogP contribution in [-0.4, -0.2) is 61.0 Å². The second-order valence-electron chi connectivity index (χ2n) is 7.26. The summed E-state index contributed by atoms with van der Waals surface area (Å²) in [6.07, 6.45) is 0.0449. The number of nitrogens with one attached hydrogen (secondary N) is 1. The first-order chi connectivity index (χ1) is 16.4. The Balaban J connectivity index is 1.90. The summed E-state index contributed by atoms with van der Waals surface area (Å²) in [5, 5.41) is 2.44. The van der Waals surface area contributed by atoms with Crippen LogP contribution in [-0.2, 0) is 20.9 Å². The Morgan fingerprint density at radius 1 is 1.09 bits per heavy atom. The molecule has 0 spiro atoms. The first kappa shape index (κ1) is 25.1. The van der Waals surface area contributed by atoms with Crippen LogP contribution >= 0.6 is 11.8 Å². The third kappa shape index (κ3) is 5.88. The largest absolute Gasteiger partial charge is 0.493 e. The van der Waals surface area contributed by atoms with Crippen molar-refractivity contribution in [3.05, 3.63) is 53.6 Å². The zero-order chi connectivity index (χ0) is 24.7. The Kier molecular flexibility index (Phi) is 8.53. The lowest BCUT2D eigenvalue weighted by Gasteiger charge is -2.18. The van der Waals surface area contributed by atoms with Crippen LogP contribution in [0.4, 0.5) is 5.69 Å². The van der Waals surface area contributed by atoms with Gasteiger partial charge in [0.1, 0.15) is 5.25 Å². The Labute approximate surface area is 202 Å². The van der Waals surface area contributed by atoms with Gasteiger partial charge in [-0.25, -0.2) is 9.79 Å². The Hall–Kier alpha value is -3.53. The van der Waals surface area contributed by atoms with Gasteiger partial charge in [-0.1, -0.05) is 17.8 Å². The highest BCUT2D eigenvalue weighted by Gasteiger charge is 2.39. The van der Waals surface area contributed by atoms with E-state index in [2.05, 4.69) is 10.3 Å². The molecule has 2 amide bonds. The third-order valence-electron chi connectivity index (χ3n) is 5.06. The molecule has 0 bridgehead atoms. The molecular weight excluding hydrogens is 458 g/mol. The number of amidine groups is 1. The van der Waals surface area contributed by atoms with Gasteiger partial charge < -0.3 is 19.5 Å². The van der Waals surface area contributed by atoms with Gasteiger partial charge in [0.05, 0.1) is 38.6 Å². The first-order valence-corrected chi connectivity index (χ1v) is 11.5. The van der Waals surface area contributed by atoms with Gasteiger partial charge in [0.25, 0.3) is 0 Å². The number of amides is 2. The molecule has 34 heavy (non-hydrogen) atoms. The lowest BCUT2D eigenvalue weighted by atomic mass is 10.1. The number of hydrogen-bond donors (Lipinski definition) is 1. The summed E-state index contributed by atoms with van der Waals surface area (Å²) < 4.78 is 15.7. The Bertz CT molecular complexity index is 1090. The van der Waals surface area contributed by atoms with Crippen molar-refractivity contribution in [2.75, 3.05) is 27.9 Å². The molecule has 0 aromatic heterocycles.